The molecule has 2 atom stereocenters. The SMILES string of the molecule is C[C@@H]1OB(N2CCCC2)OC1c1cnc(N)c(C#N)n1. The molecule has 0 spiro atoms. The first-order valence-corrected chi connectivity index (χ1v) is 6.76. The van der Waals surface area contributed by atoms with Crippen LogP contribution < -0.4 is 5.73 Å². The molecule has 1 aromatic rings. The summed E-state index contributed by atoms with van der Waals surface area (Å²) < 4.78 is 11.8. The Morgan fingerprint density at radius 2 is 2.20 bits per heavy atom. The highest BCUT2D eigenvalue weighted by Gasteiger charge is 2.44. The van der Waals surface area contributed by atoms with E-state index in [1.54, 1.807) is 6.20 Å². The molecule has 0 aromatic carbocycles. The summed E-state index contributed by atoms with van der Waals surface area (Å²) in [7, 11) is -0.331. The van der Waals surface area contributed by atoms with E-state index in [1.807, 2.05) is 13.0 Å². The molecule has 2 aliphatic rings. The third-order valence-electron chi connectivity index (χ3n) is 3.68. The number of nitriles is 1. The Balaban J connectivity index is 1.78. The van der Waals surface area contributed by atoms with Crippen LogP contribution in [-0.2, 0) is 9.31 Å². The van der Waals surface area contributed by atoms with Gasteiger partial charge < -0.3 is 15.0 Å². The van der Waals surface area contributed by atoms with Crippen molar-refractivity contribution in [3.8, 4) is 6.07 Å². The largest absolute Gasteiger partial charge is 0.558 e. The fraction of sp³-hybridized carbons (Fsp3) is 0.583. The third kappa shape index (κ3) is 2.35. The minimum atomic E-state index is -0.331. The van der Waals surface area contributed by atoms with E-state index in [9.17, 15) is 0 Å². The molecule has 0 aliphatic carbocycles. The summed E-state index contributed by atoms with van der Waals surface area (Å²) >= 11 is 0. The first kappa shape index (κ1) is 13.3. The van der Waals surface area contributed by atoms with Gasteiger partial charge in [-0.05, 0) is 32.9 Å². The Morgan fingerprint density at radius 3 is 2.90 bits per heavy atom. The number of nitrogens with zero attached hydrogens (tertiary/aromatic N) is 4. The molecule has 2 saturated heterocycles. The average Bonchev–Trinajstić information content (AvgIpc) is 3.08. The molecule has 3 rings (SSSR count). The van der Waals surface area contributed by atoms with E-state index in [2.05, 4.69) is 14.8 Å². The number of hydrogen-bond donors (Lipinski definition) is 1. The maximum atomic E-state index is 8.96. The summed E-state index contributed by atoms with van der Waals surface area (Å²) in [5.74, 6) is 0.138. The lowest BCUT2D eigenvalue weighted by atomic mass is 10.1. The number of rotatable bonds is 2. The van der Waals surface area contributed by atoms with Crippen molar-refractivity contribution >= 4 is 13.1 Å². The van der Waals surface area contributed by atoms with Crippen molar-refractivity contribution in [1.82, 2.24) is 14.8 Å². The van der Waals surface area contributed by atoms with Crippen LogP contribution in [0.15, 0.2) is 6.20 Å². The summed E-state index contributed by atoms with van der Waals surface area (Å²) in [6, 6.07) is 1.93. The molecule has 2 N–H and O–H groups in total. The summed E-state index contributed by atoms with van der Waals surface area (Å²) in [4.78, 5) is 10.4. The summed E-state index contributed by atoms with van der Waals surface area (Å²) in [5, 5.41) is 8.96. The van der Waals surface area contributed by atoms with Crippen LogP contribution in [0.25, 0.3) is 0 Å². The molecule has 104 valence electrons. The summed E-state index contributed by atoms with van der Waals surface area (Å²) in [6.07, 6.45) is 3.43. The second kappa shape index (κ2) is 5.36. The van der Waals surface area contributed by atoms with E-state index in [1.165, 1.54) is 12.8 Å². The highest BCUT2D eigenvalue weighted by Crippen LogP contribution is 2.32. The van der Waals surface area contributed by atoms with Gasteiger partial charge >= 0.3 is 7.25 Å². The van der Waals surface area contributed by atoms with E-state index in [-0.39, 0.29) is 31.0 Å². The molecule has 2 aliphatic heterocycles. The van der Waals surface area contributed by atoms with Crippen molar-refractivity contribution < 1.29 is 9.31 Å². The van der Waals surface area contributed by atoms with E-state index < -0.39 is 0 Å². The van der Waals surface area contributed by atoms with Gasteiger partial charge in [-0.25, -0.2) is 9.97 Å². The highest BCUT2D eigenvalue weighted by atomic mass is 16.7. The molecular weight excluding hydrogens is 257 g/mol. The number of hydrogen-bond acceptors (Lipinski definition) is 7. The molecule has 0 radical (unpaired) electrons. The van der Waals surface area contributed by atoms with Crippen molar-refractivity contribution in [2.45, 2.75) is 32.0 Å². The molecule has 8 heteroatoms. The predicted octanol–water partition coefficient (Wildman–Crippen LogP) is 0.488. The first-order valence-electron chi connectivity index (χ1n) is 6.76. The average molecular weight is 273 g/mol. The molecule has 7 nitrogen and oxygen atoms in total. The molecule has 1 aromatic heterocycles. The van der Waals surface area contributed by atoms with Gasteiger partial charge in [0.1, 0.15) is 12.2 Å². The van der Waals surface area contributed by atoms with E-state index in [4.69, 9.17) is 20.3 Å². The monoisotopic (exact) mass is 273 g/mol. The molecule has 0 saturated carbocycles. The summed E-state index contributed by atoms with van der Waals surface area (Å²) in [5.41, 5.74) is 6.30. The van der Waals surface area contributed by atoms with Crippen LogP contribution in [0, 0.1) is 11.3 Å². The fourth-order valence-electron chi connectivity index (χ4n) is 2.59. The topological polar surface area (TPSA) is 97.3 Å². The molecule has 0 bridgehead atoms. The van der Waals surface area contributed by atoms with Crippen LogP contribution in [0.5, 0.6) is 0 Å². The minimum absolute atomic E-state index is 0.128. The van der Waals surface area contributed by atoms with Gasteiger partial charge in [0, 0.05) is 0 Å². The lowest BCUT2D eigenvalue weighted by molar-refractivity contribution is 0.168. The Hall–Kier alpha value is -1.69. The lowest BCUT2D eigenvalue weighted by Crippen LogP contribution is -2.38. The van der Waals surface area contributed by atoms with E-state index in [0.29, 0.717) is 5.69 Å². The van der Waals surface area contributed by atoms with Crippen LogP contribution in [0.2, 0.25) is 0 Å². The van der Waals surface area contributed by atoms with Gasteiger partial charge in [-0.1, -0.05) is 0 Å². The Bertz CT molecular complexity index is 543. The number of anilines is 1. The molecule has 3 heterocycles. The maximum Gasteiger partial charge on any atom is 0.558 e. The predicted molar refractivity (Wildman–Crippen MR) is 72.1 cm³/mol. The normalized spacial score (nSPS) is 26.9. The van der Waals surface area contributed by atoms with Crippen LogP contribution in [-0.4, -0.2) is 41.2 Å². The van der Waals surface area contributed by atoms with Crippen LogP contribution in [0.4, 0.5) is 5.82 Å². The Morgan fingerprint density at radius 1 is 1.45 bits per heavy atom. The fourth-order valence-corrected chi connectivity index (χ4v) is 2.59. The molecule has 0 amide bonds. The molecular formula is C12H16BN5O2. The van der Waals surface area contributed by atoms with E-state index >= 15 is 0 Å². The maximum absolute atomic E-state index is 8.96. The highest BCUT2D eigenvalue weighted by molar-refractivity contribution is 6.41. The zero-order valence-electron chi connectivity index (χ0n) is 11.3. The zero-order valence-corrected chi connectivity index (χ0v) is 11.3. The second-order valence-corrected chi connectivity index (χ2v) is 5.09. The van der Waals surface area contributed by atoms with Crippen LogP contribution in [0.3, 0.4) is 0 Å². The Kier molecular flexibility index (Phi) is 3.57. The van der Waals surface area contributed by atoms with Crippen molar-refractivity contribution in [2.24, 2.45) is 0 Å². The standard InChI is InChI=1S/C12H16BN5O2/c1-8-11(10-7-16-12(15)9(6-14)17-10)20-13(19-8)18-4-2-3-5-18/h7-8,11H,2-5H2,1H3,(H2,15,16)/t8-,11?/m0/s1. The van der Waals surface area contributed by atoms with Gasteiger partial charge in [0.15, 0.2) is 11.5 Å². The third-order valence-corrected chi connectivity index (χ3v) is 3.68. The molecule has 2 fully saturated rings. The van der Waals surface area contributed by atoms with Gasteiger partial charge in [0.05, 0.1) is 18.0 Å². The van der Waals surface area contributed by atoms with Crippen molar-refractivity contribution in [3.63, 3.8) is 0 Å². The lowest BCUT2D eigenvalue weighted by Gasteiger charge is -2.16. The first-order chi connectivity index (χ1) is 9.69. The van der Waals surface area contributed by atoms with Gasteiger partial charge in [-0.3, -0.25) is 4.81 Å². The van der Waals surface area contributed by atoms with Gasteiger partial charge in [-0.15, -0.1) is 0 Å². The Labute approximate surface area is 117 Å². The smallest absolute Gasteiger partial charge is 0.391 e. The van der Waals surface area contributed by atoms with Crippen LogP contribution in [0.1, 0.15) is 37.3 Å². The quantitative estimate of drug-likeness (QED) is 0.783. The second-order valence-electron chi connectivity index (χ2n) is 5.09. The van der Waals surface area contributed by atoms with Gasteiger partial charge in [-0.2, -0.15) is 5.26 Å². The number of nitrogens with two attached hydrogens (primary N) is 1. The summed E-state index contributed by atoms with van der Waals surface area (Å²) in [6.45, 7) is 3.91. The zero-order chi connectivity index (χ0) is 14.1. The van der Waals surface area contributed by atoms with Crippen molar-refractivity contribution in [2.75, 3.05) is 18.8 Å². The minimum Gasteiger partial charge on any atom is -0.391 e. The van der Waals surface area contributed by atoms with Crippen molar-refractivity contribution in [1.29, 1.82) is 5.26 Å². The van der Waals surface area contributed by atoms with E-state index in [0.717, 1.165) is 13.1 Å². The van der Waals surface area contributed by atoms with Gasteiger partial charge in [0.2, 0.25) is 0 Å². The van der Waals surface area contributed by atoms with Gasteiger partial charge in [0.25, 0.3) is 0 Å². The number of nitrogen functional groups attached to an aromatic ring is 1. The van der Waals surface area contributed by atoms with Crippen molar-refractivity contribution in [3.05, 3.63) is 17.6 Å². The molecule has 1 unspecified atom stereocenters. The van der Waals surface area contributed by atoms with Crippen LogP contribution >= 0.6 is 0 Å². The number of aromatic nitrogens is 2. The molecule has 20 heavy (non-hydrogen) atoms.